The molecule has 0 saturated heterocycles. The second-order valence-corrected chi connectivity index (χ2v) is 8.15. The van der Waals surface area contributed by atoms with Crippen LogP contribution in [0.3, 0.4) is 0 Å². The van der Waals surface area contributed by atoms with Gasteiger partial charge in [-0.15, -0.1) is 0 Å². The van der Waals surface area contributed by atoms with Gasteiger partial charge in [-0.2, -0.15) is 13.2 Å². The zero-order valence-electron chi connectivity index (χ0n) is 14.1. The first kappa shape index (κ1) is 18.6. The Morgan fingerprint density at radius 3 is 2.42 bits per heavy atom. The molecule has 3 rings (SSSR count). The summed E-state index contributed by atoms with van der Waals surface area (Å²) in [4.78, 5) is 2.04. The Kier molecular flexibility index (Phi) is 4.88. The van der Waals surface area contributed by atoms with Crippen molar-refractivity contribution < 1.29 is 21.6 Å². The van der Waals surface area contributed by atoms with Crippen LogP contribution in [0.2, 0.25) is 0 Å². The summed E-state index contributed by atoms with van der Waals surface area (Å²) in [7, 11) is -3.70. The van der Waals surface area contributed by atoms with Crippen LogP contribution in [-0.2, 0) is 22.6 Å². The van der Waals surface area contributed by atoms with Crippen LogP contribution in [0.1, 0.15) is 18.1 Å². The highest BCUT2D eigenvalue weighted by Crippen LogP contribution is 2.31. The fourth-order valence-electron chi connectivity index (χ4n) is 3.18. The van der Waals surface area contributed by atoms with E-state index in [9.17, 15) is 21.6 Å². The summed E-state index contributed by atoms with van der Waals surface area (Å²) < 4.78 is 64.9. The number of nitrogens with one attached hydrogen (secondary N) is 1. The van der Waals surface area contributed by atoms with E-state index in [2.05, 4.69) is 4.72 Å². The molecule has 0 radical (unpaired) electrons. The Bertz CT molecular complexity index is 880. The summed E-state index contributed by atoms with van der Waals surface area (Å²) in [5, 5.41) is 0. The maximum absolute atomic E-state index is 12.6. The van der Waals surface area contributed by atoms with Gasteiger partial charge >= 0.3 is 6.18 Å². The van der Waals surface area contributed by atoms with Gasteiger partial charge in [0.1, 0.15) is 0 Å². The molecule has 26 heavy (non-hydrogen) atoms. The molecule has 0 bridgehead atoms. The Morgan fingerprint density at radius 2 is 1.77 bits per heavy atom. The summed E-state index contributed by atoms with van der Waals surface area (Å²) in [5.74, 6) is -0.150. The number of benzene rings is 2. The number of fused-ring (bicyclic) bond motifs is 1. The normalized spacial score (nSPS) is 15.6. The number of rotatable bonds is 5. The van der Waals surface area contributed by atoms with Crippen LogP contribution in [-0.4, -0.2) is 26.8 Å². The van der Waals surface area contributed by atoms with E-state index in [-0.39, 0.29) is 17.5 Å². The molecule has 1 heterocycles. The topological polar surface area (TPSA) is 49.4 Å². The number of anilines is 2. The van der Waals surface area contributed by atoms with Gasteiger partial charge in [-0.25, -0.2) is 8.42 Å². The lowest BCUT2D eigenvalue weighted by atomic mass is 10.2. The number of alkyl halides is 3. The van der Waals surface area contributed by atoms with Crippen LogP contribution in [0.25, 0.3) is 0 Å². The first-order valence-electron chi connectivity index (χ1n) is 8.18. The zero-order valence-corrected chi connectivity index (χ0v) is 14.9. The highest BCUT2D eigenvalue weighted by Gasteiger charge is 2.30. The lowest BCUT2D eigenvalue weighted by Crippen LogP contribution is -2.38. The van der Waals surface area contributed by atoms with Gasteiger partial charge < -0.3 is 4.90 Å². The van der Waals surface area contributed by atoms with Crippen molar-refractivity contribution in [1.82, 2.24) is 0 Å². The summed E-state index contributed by atoms with van der Waals surface area (Å²) in [6.07, 6.45) is -3.58. The van der Waals surface area contributed by atoms with Crippen molar-refractivity contribution in [1.29, 1.82) is 0 Å². The molecule has 8 heteroatoms. The lowest BCUT2D eigenvalue weighted by Gasteiger charge is -2.27. The molecule has 2 aromatic rings. The van der Waals surface area contributed by atoms with Crippen molar-refractivity contribution in [3.63, 3.8) is 0 Å². The number of hydrogen-bond donors (Lipinski definition) is 1. The highest BCUT2D eigenvalue weighted by molar-refractivity contribution is 7.92. The SMILES string of the molecule is CC(CS(=O)(=O)Nc1ccc(C(F)(F)F)cc1)N1CCc2ccccc21. The van der Waals surface area contributed by atoms with Crippen LogP contribution >= 0.6 is 0 Å². The molecule has 0 spiro atoms. The van der Waals surface area contributed by atoms with Crippen LogP contribution in [0.15, 0.2) is 48.5 Å². The molecule has 0 amide bonds. The quantitative estimate of drug-likeness (QED) is 0.851. The molecule has 0 aliphatic carbocycles. The smallest absolute Gasteiger partial charge is 0.367 e. The Balaban J connectivity index is 1.68. The molecule has 1 atom stereocenters. The molecular weight excluding hydrogens is 365 g/mol. The van der Waals surface area contributed by atoms with Crippen LogP contribution in [0.5, 0.6) is 0 Å². The van der Waals surface area contributed by atoms with Gasteiger partial charge in [0.25, 0.3) is 0 Å². The van der Waals surface area contributed by atoms with E-state index in [0.717, 1.165) is 42.9 Å². The number of para-hydroxylation sites is 1. The van der Waals surface area contributed by atoms with Gasteiger partial charge in [0.2, 0.25) is 10.0 Å². The largest absolute Gasteiger partial charge is 0.416 e. The van der Waals surface area contributed by atoms with Crippen LogP contribution in [0, 0.1) is 0 Å². The lowest BCUT2D eigenvalue weighted by molar-refractivity contribution is -0.137. The summed E-state index contributed by atoms with van der Waals surface area (Å²) >= 11 is 0. The Morgan fingerprint density at radius 1 is 1.12 bits per heavy atom. The van der Waals surface area contributed by atoms with E-state index < -0.39 is 21.8 Å². The summed E-state index contributed by atoms with van der Waals surface area (Å²) in [6.45, 7) is 2.57. The Hall–Kier alpha value is -2.22. The molecule has 1 aliphatic rings. The molecule has 1 N–H and O–H groups in total. The first-order valence-corrected chi connectivity index (χ1v) is 9.83. The maximum atomic E-state index is 12.6. The second kappa shape index (κ2) is 6.83. The van der Waals surface area contributed by atoms with Crippen LogP contribution in [0.4, 0.5) is 24.5 Å². The average molecular weight is 384 g/mol. The minimum Gasteiger partial charge on any atom is -0.367 e. The Labute approximate surface area is 150 Å². The van der Waals surface area contributed by atoms with Gasteiger partial charge in [-0.05, 0) is 49.2 Å². The average Bonchev–Trinajstić information content (AvgIpc) is 2.97. The van der Waals surface area contributed by atoms with E-state index in [1.54, 1.807) is 0 Å². The maximum Gasteiger partial charge on any atom is 0.416 e. The fourth-order valence-corrected chi connectivity index (χ4v) is 4.57. The van der Waals surface area contributed by atoms with E-state index in [0.29, 0.717) is 0 Å². The number of nitrogens with zero attached hydrogens (tertiary/aromatic N) is 1. The van der Waals surface area contributed by atoms with Crippen LogP contribution < -0.4 is 9.62 Å². The zero-order chi connectivity index (χ0) is 18.9. The molecule has 0 saturated carbocycles. The molecule has 4 nitrogen and oxygen atoms in total. The standard InChI is InChI=1S/C18H19F3N2O2S/c1-13(23-11-10-14-4-2-3-5-17(14)23)12-26(24,25)22-16-8-6-15(7-9-16)18(19,20)21/h2-9,13,22H,10-12H2,1H3. The third kappa shape index (κ3) is 4.12. The first-order chi connectivity index (χ1) is 12.2. The van der Waals surface area contributed by atoms with E-state index in [4.69, 9.17) is 0 Å². The molecule has 1 aliphatic heterocycles. The predicted octanol–water partition coefficient (Wildman–Crippen LogP) is 3.90. The molecular formula is C18H19F3N2O2S. The number of halogens is 3. The molecule has 2 aromatic carbocycles. The molecule has 0 fully saturated rings. The van der Waals surface area contributed by atoms with Crippen molar-refractivity contribution in [3.8, 4) is 0 Å². The van der Waals surface area contributed by atoms with Gasteiger partial charge in [-0.1, -0.05) is 18.2 Å². The minimum absolute atomic E-state index is 0.118. The number of sulfonamides is 1. The monoisotopic (exact) mass is 384 g/mol. The predicted molar refractivity (Wildman–Crippen MR) is 95.8 cm³/mol. The van der Waals surface area contributed by atoms with Crippen molar-refractivity contribution >= 4 is 21.4 Å². The fraction of sp³-hybridized carbons (Fsp3) is 0.333. The van der Waals surface area contributed by atoms with Crippen molar-refractivity contribution in [2.45, 2.75) is 25.6 Å². The van der Waals surface area contributed by atoms with Crippen molar-refractivity contribution in [2.75, 3.05) is 21.9 Å². The van der Waals surface area contributed by atoms with Gasteiger partial charge in [0.15, 0.2) is 0 Å². The van der Waals surface area contributed by atoms with E-state index in [1.807, 2.05) is 36.1 Å². The van der Waals surface area contributed by atoms with Gasteiger partial charge in [-0.3, -0.25) is 4.72 Å². The summed E-state index contributed by atoms with van der Waals surface area (Å²) in [6, 6.07) is 11.6. The number of hydrogen-bond acceptors (Lipinski definition) is 3. The highest BCUT2D eigenvalue weighted by atomic mass is 32.2. The van der Waals surface area contributed by atoms with Crippen molar-refractivity contribution in [2.24, 2.45) is 0 Å². The van der Waals surface area contributed by atoms with Gasteiger partial charge in [0, 0.05) is 24.0 Å². The minimum atomic E-state index is -4.45. The van der Waals surface area contributed by atoms with E-state index in [1.165, 1.54) is 5.56 Å². The summed E-state index contributed by atoms with van der Waals surface area (Å²) in [5.41, 5.74) is 1.52. The third-order valence-electron chi connectivity index (χ3n) is 4.40. The molecule has 0 aromatic heterocycles. The van der Waals surface area contributed by atoms with E-state index >= 15 is 0 Å². The second-order valence-electron chi connectivity index (χ2n) is 6.38. The van der Waals surface area contributed by atoms with Gasteiger partial charge in [0.05, 0.1) is 11.3 Å². The third-order valence-corrected chi connectivity index (χ3v) is 5.87. The molecule has 140 valence electrons. The van der Waals surface area contributed by atoms with Crippen molar-refractivity contribution in [3.05, 3.63) is 59.7 Å². The molecule has 1 unspecified atom stereocenters.